The Morgan fingerprint density at radius 1 is 1.33 bits per heavy atom. The number of rotatable bonds is 4. The first-order valence-electron chi connectivity index (χ1n) is 5.46. The van der Waals surface area contributed by atoms with Gasteiger partial charge in [0.2, 0.25) is 0 Å². The van der Waals surface area contributed by atoms with Crippen LogP contribution in [0.4, 0.5) is 0 Å². The Bertz CT molecular complexity index is 557. The normalized spacial score (nSPS) is 10.3. The van der Waals surface area contributed by atoms with Gasteiger partial charge < -0.3 is 14.4 Å². The molecule has 5 heteroatoms. The molecule has 0 saturated heterocycles. The summed E-state index contributed by atoms with van der Waals surface area (Å²) in [6.07, 6.45) is 0. The highest BCUT2D eigenvalue weighted by Crippen LogP contribution is 2.18. The number of hydrogen-bond donors (Lipinski definition) is 1. The summed E-state index contributed by atoms with van der Waals surface area (Å²) < 4.78 is 10.4. The summed E-state index contributed by atoms with van der Waals surface area (Å²) in [5.74, 6) is 0.0198. The zero-order chi connectivity index (χ0) is 13.1. The average molecular weight is 247 g/mol. The van der Waals surface area contributed by atoms with Crippen LogP contribution >= 0.6 is 0 Å². The van der Waals surface area contributed by atoms with E-state index < -0.39 is 5.97 Å². The van der Waals surface area contributed by atoms with Gasteiger partial charge >= 0.3 is 5.97 Å². The van der Waals surface area contributed by atoms with Gasteiger partial charge in [-0.2, -0.15) is 0 Å². The van der Waals surface area contributed by atoms with E-state index in [0.29, 0.717) is 17.1 Å². The van der Waals surface area contributed by atoms with Crippen LogP contribution in [0.15, 0.2) is 28.8 Å². The van der Waals surface area contributed by atoms with Gasteiger partial charge in [-0.05, 0) is 26.0 Å². The van der Waals surface area contributed by atoms with Crippen molar-refractivity contribution in [3.8, 4) is 5.75 Å². The van der Waals surface area contributed by atoms with Crippen LogP contribution in [0, 0.1) is 13.8 Å². The molecule has 1 N–H and O–H groups in total. The van der Waals surface area contributed by atoms with Crippen LogP contribution in [0.25, 0.3) is 0 Å². The Labute approximate surface area is 104 Å². The fourth-order valence-electron chi connectivity index (χ4n) is 1.52. The van der Waals surface area contributed by atoms with Crippen LogP contribution in [0.5, 0.6) is 5.75 Å². The molecule has 2 rings (SSSR count). The lowest BCUT2D eigenvalue weighted by Gasteiger charge is -2.05. The van der Waals surface area contributed by atoms with Crippen molar-refractivity contribution in [2.75, 3.05) is 0 Å². The third-order valence-electron chi connectivity index (χ3n) is 2.59. The second-order valence-corrected chi connectivity index (χ2v) is 3.97. The van der Waals surface area contributed by atoms with E-state index in [4.69, 9.17) is 14.4 Å². The average Bonchev–Trinajstić information content (AvgIpc) is 2.70. The first kappa shape index (κ1) is 12.2. The van der Waals surface area contributed by atoms with Crippen molar-refractivity contribution in [3.63, 3.8) is 0 Å². The molecular weight excluding hydrogens is 234 g/mol. The summed E-state index contributed by atoms with van der Waals surface area (Å²) in [6, 6.07) is 7.51. The molecule has 0 radical (unpaired) electrons. The first-order chi connectivity index (χ1) is 8.58. The second-order valence-electron chi connectivity index (χ2n) is 3.97. The molecule has 1 aromatic heterocycles. The van der Waals surface area contributed by atoms with Gasteiger partial charge in [0.15, 0.2) is 5.69 Å². The Morgan fingerprint density at radius 3 is 2.61 bits per heavy atom. The monoisotopic (exact) mass is 247 g/mol. The zero-order valence-electron chi connectivity index (χ0n) is 10.1. The van der Waals surface area contributed by atoms with E-state index in [-0.39, 0.29) is 12.3 Å². The van der Waals surface area contributed by atoms with Gasteiger partial charge in [-0.25, -0.2) is 4.79 Å². The Hall–Kier alpha value is -2.30. The molecular formula is C13H13NO4. The van der Waals surface area contributed by atoms with E-state index in [9.17, 15) is 4.79 Å². The summed E-state index contributed by atoms with van der Waals surface area (Å²) in [5.41, 5.74) is 1.50. The van der Waals surface area contributed by atoms with Gasteiger partial charge in [0.1, 0.15) is 18.1 Å². The molecule has 0 spiro atoms. The maximum Gasteiger partial charge on any atom is 0.358 e. The fourth-order valence-corrected chi connectivity index (χ4v) is 1.52. The number of aromatic nitrogens is 1. The molecule has 0 aliphatic rings. The van der Waals surface area contributed by atoms with Crippen molar-refractivity contribution in [3.05, 3.63) is 46.8 Å². The van der Waals surface area contributed by atoms with E-state index >= 15 is 0 Å². The highest BCUT2D eigenvalue weighted by atomic mass is 16.5. The number of carboxylic acids is 1. The Balaban J connectivity index is 2.12. The minimum Gasteiger partial charge on any atom is -0.489 e. The summed E-state index contributed by atoms with van der Waals surface area (Å²) in [4.78, 5) is 10.9. The van der Waals surface area contributed by atoms with Crippen LogP contribution in [0.1, 0.15) is 27.4 Å². The summed E-state index contributed by atoms with van der Waals surface area (Å²) >= 11 is 0. The molecule has 0 bridgehead atoms. The predicted molar refractivity (Wildman–Crippen MR) is 63.7 cm³/mol. The number of aromatic carboxylic acids is 1. The largest absolute Gasteiger partial charge is 0.489 e. The van der Waals surface area contributed by atoms with E-state index in [1.807, 2.05) is 31.2 Å². The Morgan fingerprint density at radius 2 is 2.00 bits per heavy atom. The van der Waals surface area contributed by atoms with Crippen molar-refractivity contribution in [1.29, 1.82) is 0 Å². The first-order valence-corrected chi connectivity index (χ1v) is 5.46. The summed E-state index contributed by atoms with van der Waals surface area (Å²) in [6.45, 7) is 3.77. The zero-order valence-corrected chi connectivity index (χ0v) is 10.1. The van der Waals surface area contributed by atoms with E-state index in [1.54, 1.807) is 6.92 Å². The SMILES string of the molecule is Cc1ccc(OCc2c(C(=O)O)noc2C)cc1. The molecule has 0 aliphatic heterocycles. The van der Waals surface area contributed by atoms with Crippen molar-refractivity contribution >= 4 is 5.97 Å². The molecule has 0 saturated carbocycles. The molecule has 0 unspecified atom stereocenters. The van der Waals surface area contributed by atoms with E-state index in [0.717, 1.165) is 5.56 Å². The maximum absolute atomic E-state index is 10.9. The van der Waals surface area contributed by atoms with Crippen LogP contribution in [0.3, 0.4) is 0 Å². The van der Waals surface area contributed by atoms with Crippen molar-refractivity contribution in [2.24, 2.45) is 0 Å². The van der Waals surface area contributed by atoms with Crippen molar-refractivity contribution in [1.82, 2.24) is 5.16 Å². The van der Waals surface area contributed by atoms with Gasteiger partial charge in [-0.15, -0.1) is 0 Å². The molecule has 1 aromatic carbocycles. The van der Waals surface area contributed by atoms with Gasteiger partial charge in [0.25, 0.3) is 0 Å². The lowest BCUT2D eigenvalue weighted by molar-refractivity contribution is 0.0683. The van der Waals surface area contributed by atoms with Gasteiger partial charge in [0, 0.05) is 0 Å². The molecule has 0 amide bonds. The summed E-state index contributed by atoms with van der Waals surface area (Å²) in [7, 11) is 0. The quantitative estimate of drug-likeness (QED) is 0.898. The smallest absolute Gasteiger partial charge is 0.358 e. The topological polar surface area (TPSA) is 72.6 Å². The second kappa shape index (κ2) is 4.91. The molecule has 2 aromatic rings. The highest BCUT2D eigenvalue weighted by Gasteiger charge is 2.19. The molecule has 0 atom stereocenters. The molecule has 0 fully saturated rings. The third-order valence-corrected chi connectivity index (χ3v) is 2.59. The van der Waals surface area contributed by atoms with Crippen molar-refractivity contribution < 1.29 is 19.2 Å². The predicted octanol–water partition coefficient (Wildman–Crippen LogP) is 2.57. The lowest BCUT2D eigenvalue weighted by Crippen LogP contribution is -2.05. The van der Waals surface area contributed by atoms with Gasteiger partial charge in [-0.1, -0.05) is 22.9 Å². The standard InChI is InChI=1S/C13H13NO4/c1-8-3-5-10(6-4-8)17-7-11-9(2)18-14-12(11)13(15)16/h3-6H,7H2,1-2H3,(H,15,16). The number of hydrogen-bond acceptors (Lipinski definition) is 4. The Kier molecular flexibility index (Phi) is 3.32. The third kappa shape index (κ3) is 2.51. The molecule has 1 heterocycles. The number of ether oxygens (including phenoxy) is 1. The molecule has 18 heavy (non-hydrogen) atoms. The fraction of sp³-hybridized carbons (Fsp3) is 0.231. The van der Waals surface area contributed by atoms with E-state index in [1.165, 1.54) is 0 Å². The van der Waals surface area contributed by atoms with Crippen LogP contribution in [-0.4, -0.2) is 16.2 Å². The van der Waals surface area contributed by atoms with Gasteiger partial charge in [-0.3, -0.25) is 0 Å². The number of aryl methyl sites for hydroxylation is 2. The number of benzene rings is 1. The van der Waals surface area contributed by atoms with Crippen LogP contribution in [0.2, 0.25) is 0 Å². The molecule has 5 nitrogen and oxygen atoms in total. The van der Waals surface area contributed by atoms with E-state index in [2.05, 4.69) is 5.16 Å². The molecule has 0 aliphatic carbocycles. The van der Waals surface area contributed by atoms with Crippen LogP contribution < -0.4 is 4.74 Å². The minimum atomic E-state index is -1.12. The maximum atomic E-state index is 10.9. The number of carbonyl (C=O) groups is 1. The van der Waals surface area contributed by atoms with Crippen LogP contribution in [-0.2, 0) is 6.61 Å². The van der Waals surface area contributed by atoms with Crippen molar-refractivity contribution in [2.45, 2.75) is 20.5 Å². The molecule has 94 valence electrons. The van der Waals surface area contributed by atoms with Gasteiger partial charge in [0.05, 0.1) is 5.56 Å². The summed E-state index contributed by atoms with van der Waals surface area (Å²) in [5, 5.41) is 12.4. The minimum absolute atomic E-state index is 0.0976. The number of nitrogens with zero attached hydrogens (tertiary/aromatic N) is 1. The lowest BCUT2D eigenvalue weighted by atomic mass is 10.2. The highest BCUT2D eigenvalue weighted by molar-refractivity contribution is 5.87. The number of carboxylic acid groups (broad SMARTS) is 1.